The number of ether oxygens (including phenoxy) is 2. The van der Waals surface area contributed by atoms with Gasteiger partial charge in [-0.3, -0.25) is 9.59 Å². The molecule has 2 atom stereocenters. The Balaban J connectivity index is 1.63. The topological polar surface area (TPSA) is 93.2 Å². The normalized spacial score (nSPS) is 21.9. The van der Waals surface area contributed by atoms with E-state index in [0.29, 0.717) is 31.1 Å². The van der Waals surface area contributed by atoms with E-state index in [1.165, 1.54) is 6.07 Å². The monoisotopic (exact) mass is 464 g/mol. The number of carbonyl (C=O) groups excluding carboxylic acids is 2. The van der Waals surface area contributed by atoms with Gasteiger partial charge in [0.15, 0.2) is 0 Å². The minimum Gasteiger partial charge on any atom is -0.494 e. The van der Waals surface area contributed by atoms with Crippen LogP contribution in [-0.2, 0) is 24.3 Å². The highest BCUT2D eigenvalue weighted by atomic mass is 32.2. The third-order valence-electron chi connectivity index (χ3n) is 5.34. The van der Waals surface area contributed by atoms with Crippen LogP contribution in [-0.4, -0.2) is 56.4 Å². The van der Waals surface area contributed by atoms with Crippen LogP contribution in [0.15, 0.2) is 46.0 Å². The molecule has 1 aromatic heterocycles. The predicted molar refractivity (Wildman–Crippen MR) is 116 cm³/mol. The molecule has 3 heterocycles. The first-order chi connectivity index (χ1) is 14.9. The average molecular weight is 465 g/mol. The fourth-order valence-electron chi connectivity index (χ4n) is 3.88. The highest BCUT2D eigenvalue weighted by Crippen LogP contribution is 2.32. The van der Waals surface area contributed by atoms with Gasteiger partial charge in [-0.05, 0) is 55.5 Å². The molecule has 4 rings (SSSR count). The van der Waals surface area contributed by atoms with Gasteiger partial charge >= 0.3 is 0 Å². The van der Waals surface area contributed by atoms with Crippen LogP contribution >= 0.6 is 11.3 Å². The summed E-state index contributed by atoms with van der Waals surface area (Å²) in [5.41, 5.74) is 0.395. The number of benzene rings is 1. The van der Waals surface area contributed by atoms with Crippen molar-refractivity contribution in [3.8, 4) is 5.75 Å². The molecule has 0 aliphatic carbocycles. The number of hydrogen-bond donors (Lipinski definition) is 0. The maximum atomic E-state index is 13.4. The Morgan fingerprint density at radius 1 is 1.23 bits per heavy atom. The second kappa shape index (κ2) is 9.07. The fourth-order valence-corrected chi connectivity index (χ4v) is 6.61. The van der Waals surface area contributed by atoms with Crippen LogP contribution in [0.2, 0.25) is 0 Å². The van der Waals surface area contributed by atoms with Crippen LogP contribution in [0.3, 0.4) is 0 Å². The van der Waals surface area contributed by atoms with E-state index in [1.807, 2.05) is 6.92 Å². The van der Waals surface area contributed by atoms with E-state index in [4.69, 9.17) is 9.47 Å². The lowest BCUT2D eigenvalue weighted by Gasteiger charge is -2.28. The molecule has 1 aromatic carbocycles. The molecule has 2 aliphatic heterocycles. The summed E-state index contributed by atoms with van der Waals surface area (Å²) in [5.74, 6) is -0.354. The van der Waals surface area contributed by atoms with Gasteiger partial charge < -0.3 is 9.47 Å². The highest BCUT2D eigenvalue weighted by molar-refractivity contribution is 7.91. The van der Waals surface area contributed by atoms with Gasteiger partial charge in [-0.15, -0.1) is 11.3 Å². The Hall–Kier alpha value is -2.27. The maximum absolute atomic E-state index is 13.4. The van der Waals surface area contributed by atoms with Gasteiger partial charge in [0.05, 0.1) is 24.8 Å². The standard InChI is InChI=1S/C21H24N2O6S2/c1-2-28-16-9-7-15(8-10-16)23-19(24)13-18(21(23)25)22(14-17-5-3-11-29-17)31(26,27)20-6-4-12-30-20/h4,6-10,12,17-18H,2-3,5,11,13-14H2,1H3. The Bertz CT molecular complexity index is 1030. The smallest absolute Gasteiger partial charge is 0.253 e. The van der Waals surface area contributed by atoms with Gasteiger partial charge in [0.2, 0.25) is 5.91 Å². The summed E-state index contributed by atoms with van der Waals surface area (Å²) >= 11 is 1.09. The Morgan fingerprint density at radius 3 is 2.61 bits per heavy atom. The van der Waals surface area contributed by atoms with Crippen LogP contribution in [0.25, 0.3) is 0 Å². The highest BCUT2D eigenvalue weighted by Gasteiger charge is 2.48. The van der Waals surface area contributed by atoms with Crippen molar-refractivity contribution >= 4 is 38.9 Å². The van der Waals surface area contributed by atoms with Crippen LogP contribution in [0.4, 0.5) is 5.69 Å². The number of sulfonamides is 1. The van der Waals surface area contributed by atoms with Crippen molar-refractivity contribution in [2.75, 3.05) is 24.7 Å². The number of amides is 2. The molecule has 0 bridgehead atoms. The lowest BCUT2D eigenvalue weighted by Crippen LogP contribution is -2.48. The van der Waals surface area contributed by atoms with E-state index in [9.17, 15) is 18.0 Å². The minimum absolute atomic E-state index is 0.0427. The predicted octanol–water partition coefficient (Wildman–Crippen LogP) is 2.65. The quantitative estimate of drug-likeness (QED) is 0.558. The van der Waals surface area contributed by atoms with Gasteiger partial charge in [0, 0.05) is 13.2 Å². The van der Waals surface area contributed by atoms with Crippen molar-refractivity contribution < 1.29 is 27.5 Å². The summed E-state index contributed by atoms with van der Waals surface area (Å²) in [4.78, 5) is 27.1. The molecule has 31 heavy (non-hydrogen) atoms. The Morgan fingerprint density at radius 2 is 2.00 bits per heavy atom. The van der Waals surface area contributed by atoms with Gasteiger partial charge in [-0.25, -0.2) is 13.3 Å². The van der Waals surface area contributed by atoms with Crippen molar-refractivity contribution in [3.05, 3.63) is 41.8 Å². The zero-order valence-electron chi connectivity index (χ0n) is 17.1. The van der Waals surface area contributed by atoms with Crippen LogP contribution in [0.1, 0.15) is 26.2 Å². The molecule has 166 valence electrons. The molecule has 0 N–H and O–H groups in total. The molecule has 8 nitrogen and oxygen atoms in total. The zero-order valence-corrected chi connectivity index (χ0v) is 18.7. The fraction of sp³-hybridized carbons (Fsp3) is 0.429. The number of rotatable bonds is 8. The van der Waals surface area contributed by atoms with Crippen molar-refractivity contribution in [1.82, 2.24) is 4.31 Å². The van der Waals surface area contributed by atoms with Crippen molar-refractivity contribution in [2.24, 2.45) is 0 Å². The Labute approximate surface area is 185 Å². The van der Waals surface area contributed by atoms with E-state index in [-0.39, 0.29) is 23.3 Å². The number of imide groups is 1. The first kappa shape index (κ1) is 21.9. The van der Waals surface area contributed by atoms with Crippen LogP contribution in [0, 0.1) is 0 Å². The molecular formula is C21H24N2O6S2. The first-order valence-corrected chi connectivity index (χ1v) is 12.5. The Kier molecular flexibility index (Phi) is 6.42. The molecule has 2 fully saturated rings. The molecule has 2 amide bonds. The van der Waals surface area contributed by atoms with E-state index in [2.05, 4.69) is 0 Å². The molecule has 0 radical (unpaired) electrons. The molecular weight excluding hydrogens is 440 g/mol. The summed E-state index contributed by atoms with van der Waals surface area (Å²) in [5, 5.41) is 1.67. The molecule has 10 heteroatoms. The van der Waals surface area contributed by atoms with Crippen LogP contribution < -0.4 is 9.64 Å². The van der Waals surface area contributed by atoms with Crippen molar-refractivity contribution in [2.45, 2.75) is 42.5 Å². The molecule has 2 saturated heterocycles. The number of hydrogen-bond acceptors (Lipinski definition) is 7. The summed E-state index contributed by atoms with van der Waals surface area (Å²) < 4.78 is 39.1. The number of nitrogens with zero attached hydrogens (tertiary/aromatic N) is 2. The summed E-state index contributed by atoms with van der Waals surface area (Å²) in [6.45, 7) is 2.97. The van der Waals surface area contributed by atoms with E-state index in [0.717, 1.165) is 27.0 Å². The number of thiophene rings is 1. The molecule has 2 unspecified atom stereocenters. The van der Waals surface area contributed by atoms with Gasteiger partial charge in [0.25, 0.3) is 15.9 Å². The van der Waals surface area contributed by atoms with Gasteiger partial charge in [-0.1, -0.05) is 6.07 Å². The number of anilines is 1. The third kappa shape index (κ3) is 4.38. The van der Waals surface area contributed by atoms with E-state index >= 15 is 0 Å². The summed E-state index contributed by atoms with van der Waals surface area (Å²) in [6, 6.07) is 8.67. The lowest BCUT2D eigenvalue weighted by molar-refractivity contribution is -0.122. The molecule has 0 saturated carbocycles. The SMILES string of the molecule is CCOc1ccc(N2C(=O)CC(N(CC3CCCO3)S(=O)(=O)c3cccs3)C2=O)cc1. The largest absolute Gasteiger partial charge is 0.494 e. The van der Waals surface area contributed by atoms with Crippen molar-refractivity contribution in [1.29, 1.82) is 0 Å². The van der Waals surface area contributed by atoms with Gasteiger partial charge in [-0.2, -0.15) is 4.31 Å². The second-order valence-electron chi connectivity index (χ2n) is 7.36. The number of carbonyl (C=O) groups is 2. The molecule has 2 aliphatic rings. The van der Waals surface area contributed by atoms with Crippen molar-refractivity contribution in [3.63, 3.8) is 0 Å². The van der Waals surface area contributed by atoms with E-state index < -0.39 is 27.9 Å². The average Bonchev–Trinajstić information content (AvgIpc) is 3.50. The maximum Gasteiger partial charge on any atom is 0.253 e. The summed E-state index contributed by atoms with van der Waals surface area (Å²) in [7, 11) is -3.95. The lowest BCUT2D eigenvalue weighted by atomic mass is 10.2. The van der Waals surface area contributed by atoms with Gasteiger partial charge in [0.1, 0.15) is 16.0 Å². The molecule has 2 aromatic rings. The molecule has 0 spiro atoms. The van der Waals surface area contributed by atoms with Crippen LogP contribution in [0.5, 0.6) is 5.75 Å². The first-order valence-electron chi connectivity index (χ1n) is 10.2. The summed E-state index contributed by atoms with van der Waals surface area (Å²) in [6.07, 6.45) is 1.06. The zero-order chi connectivity index (χ0) is 22.0. The minimum atomic E-state index is -3.95. The third-order valence-corrected chi connectivity index (χ3v) is 8.59. The second-order valence-corrected chi connectivity index (χ2v) is 10.4. The van der Waals surface area contributed by atoms with E-state index in [1.54, 1.807) is 35.7 Å².